The van der Waals surface area contributed by atoms with E-state index < -0.39 is 0 Å². The summed E-state index contributed by atoms with van der Waals surface area (Å²) in [5.74, 6) is 1.44. The first-order valence-electron chi connectivity index (χ1n) is 6.46. The molecule has 0 aliphatic rings. The number of unbranched alkanes of at least 4 members (excludes halogenated alkanes) is 1. The lowest BCUT2D eigenvalue weighted by molar-refractivity contribution is 0.586. The molecule has 1 atom stereocenters. The van der Waals surface area contributed by atoms with Crippen molar-refractivity contribution in [1.29, 1.82) is 0 Å². The third kappa shape index (κ3) is 2.70. The maximum Gasteiger partial charge on any atom is 0.199 e. The lowest BCUT2D eigenvalue weighted by Gasteiger charge is -2.12. The number of aromatic nitrogens is 3. The fourth-order valence-electron chi connectivity index (χ4n) is 2.11. The monoisotopic (exact) mass is 261 g/mol. The average molecular weight is 261 g/mol. The van der Waals surface area contributed by atoms with Crippen molar-refractivity contribution < 1.29 is 0 Å². The number of aromatic amines is 1. The molecule has 18 heavy (non-hydrogen) atoms. The molecule has 1 heterocycles. The van der Waals surface area contributed by atoms with Crippen molar-refractivity contribution in [3.05, 3.63) is 40.9 Å². The molecule has 1 N–H and O–H groups in total. The highest BCUT2D eigenvalue weighted by Crippen LogP contribution is 2.22. The molecule has 0 fully saturated rings. The van der Waals surface area contributed by atoms with Crippen LogP contribution in [0.25, 0.3) is 5.69 Å². The summed E-state index contributed by atoms with van der Waals surface area (Å²) in [6.07, 6.45) is 3.57. The molecule has 1 unspecified atom stereocenters. The number of hydrogen-bond donors (Lipinski definition) is 1. The quantitative estimate of drug-likeness (QED) is 0.817. The van der Waals surface area contributed by atoms with Gasteiger partial charge in [-0.25, -0.2) is 0 Å². The van der Waals surface area contributed by atoms with Crippen LogP contribution in [0.1, 0.15) is 44.9 Å². The maximum atomic E-state index is 5.33. The molecule has 0 spiro atoms. The van der Waals surface area contributed by atoms with E-state index in [2.05, 4.69) is 36.2 Å². The summed E-state index contributed by atoms with van der Waals surface area (Å²) < 4.78 is 2.70. The second-order valence-electron chi connectivity index (χ2n) is 4.60. The maximum absolute atomic E-state index is 5.33. The SMILES string of the molecule is CCCCC(C)c1n[nH]c(=S)n1-c1ccccc1. The Labute approximate surface area is 113 Å². The molecule has 0 saturated carbocycles. The molecule has 2 aromatic rings. The van der Waals surface area contributed by atoms with Gasteiger partial charge in [0.25, 0.3) is 0 Å². The van der Waals surface area contributed by atoms with E-state index in [9.17, 15) is 0 Å². The molecule has 0 radical (unpaired) electrons. The van der Waals surface area contributed by atoms with Crippen molar-refractivity contribution in [2.24, 2.45) is 0 Å². The summed E-state index contributed by atoms with van der Waals surface area (Å²) >= 11 is 5.33. The molecule has 2 rings (SSSR count). The summed E-state index contributed by atoms with van der Waals surface area (Å²) in [7, 11) is 0. The molecule has 0 aliphatic carbocycles. The predicted octanol–water partition coefficient (Wildman–Crippen LogP) is 4.22. The Morgan fingerprint density at radius 3 is 2.72 bits per heavy atom. The Morgan fingerprint density at radius 1 is 1.33 bits per heavy atom. The minimum absolute atomic E-state index is 0.415. The van der Waals surface area contributed by atoms with Crippen LogP contribution in [0.2, 0.25) is 0 Å². The van der Waals surface area contributed by atoms with E-state index in [1.165, 1.54) is 12.8 Å². The summed E-state index contributed by atoms with van der Waals surface area (Å²) in [4.78, 5) is 0. The molecule has 0 amide bonds. The Hall–Kier alpha value is -1.42. The normalized spacial score (nSPS) is 12.6. The van der Waals surface area contributed by atoms with Gasteiger partial charge in [-0.2, -0.15) is 5.10 Å². The Bertz CT molecular complexity index is 542. The molecular weight excluding hydrogens is 242 g/mol. The first kappa shape index (κ1) is 13.0. The van der Waals surface area contributed by atoms with Crippen molar-refractivity contribution in [2.45, 2.75) is 39.0 Å². The van der Waals surface area contributed by atoms with Crippen molar-refractivity contribution in [2.75, 3.05) is 0 Å². The van der Waals surface area contributed by atoms with Gasteiger partial charge in [0.2, 0.25) is 0 Å². The van der Waals surface area contributed by atoms with Gasteiger partial charge in [-0.15, -0.1) is 0 Å². The summed E-state index contributed by atoms with van der Waals surface area (Å²) in [5.41, 5.74) is 1.08. The Morgan fingerprint density at radius 2 is 2.06 bits per heavy atom. The van der Waals surface area contributed by atoms with E-state index >= 15 is 0 Å². The van der Waals surface area contributed by atoms with Crippen molar-refractivity contribution in [1.82, 2.24) is 14.8 Å². The van der Waals surface area contributed by atoms with Gasteiger partial charge in [0.15, 0.2) is 4.77 Å². The van der Waals surface area contributed by atoms with Crippen LogP contribution in [0.5, 0.6) is 0 Å². The molecule has 4 heteroatoms. The number of hydrogen-bond acceptors (Lipinski definition) is 2. The fraction of sp³-hybridized carbons (Fsp3) is 0.429. The predicted molar refractivity (Wildman–Crippen MR) is 76.7 cm³/mol. The molecular formula is C14H19N3S. The number of nitrogens with one attached hydrogen (secondary N) is 1. The Balaban J connectivity index is 2.36. The molecule has 1 aromatic heterocycles. The van der Waals surface area contributed by atoms with Crippen LogP contribution in [-0.4, -0.2) is 14.8 Å². The van der Waals surface area contributed by atoms with Crippen LogP contribution in [-0.2, 0) is 0 Å². The smallest absolute Gasteiger partial charge is 0.199 e. The van der Waals surface area contributed by atoms with Gasteiger partial charge in [0, 0.05) is 11.6 Å². The van der Waals surface area contributed by atoms with Crippen molar-refractivity contribution in [3.63, 3.8) is 0 Å². The van der Waals surface area contributed by atoms with Crippen LogP contribution in [0.15, 0.2) is 30.3 Å². The summed E-state index contributed by atoms with van der Waals surface area (Å²) in [6.45, 7) is 4.42. The van der Waals surface area contributed by atoms with E-state index in [1.54, 1.807) is 0 Å². The van der Waals surface area contributed by atoms with Gasteiger partial charge in [-0.1, -0.05) is 44.9 Å². The van der Waals surface area contributed by atoms with Gasteiger partial charge in [-0.3, -0.25) is 9.67 Å². The lowest BCUT2D eigenvalue weighted by atomic mass is 10.0. The molecule has 96 valence electrons. The fourth-order valence-corrected chi connectivity index (χ4v) is 2.35. The second-order valence-corrected chi connectivity index (χ2v) is 4.99. The van der Waals surface area contributed by atoms with E-state index in [0.29, 0.717) is 10.7 Å². The van der Waals surface area contributed by atoms with E-state index in [-0.39, 0.29) is 0 Å². The van der Waals surface area contributed by atoms with E-state index in [4.69, 9.17) is 12.2 Å². The van der Waals surface area contributed by atoms with Gasteiger partial charge < -0.3 is 0 Å². The highest BCUT2D eigenvalue weighted by atomic mass is 32.1. The summed E-state index contributed by atoms with van der Waals surface area (Å²) in [5, 5.41) is 7.30. The number of benzene rings is 1. The zero-order valence-electron chi connectivity index (χ0n) is 10.9. The van der Waals surface area contributed by atoms with Crippen LogP contribution in [0, 0.1) is 4.77 Å². The number of H-pyrrole nitrogens is 1. The minimum Gasteiger partial charge on any atom is -0.272 e. The highest BCUT2D eigenvalue weighted by Gasteiger charge is 2.14. The standard InChI is InChI=1S/C14H19N3S/c1-3-4-8-11(2)13-15-16-14(18)17(13)12-9-6-5-7-10-12/h5-7,9-11H,3-4,8H2,1-2H3,(H,16,18). The van der Waals surface area contributed by atoms with Crippen molar-refractivity contribution in [3.8, 4) is 5.69 Å². The number of rotatable bonds is 5. The highest BCUT2D eigenvalue weighted by molar-refractivity contribution is 7.71. The second kappa shape index (κ2) is 5.96. The van der Waals surface area contributed by atoms with Crippen LogP contribution < -0.4 is 0 Å². The first-order chi connectivity index (χ1) is 8.74. The first-order valence-corrected chi connectivity index (χ1v) is 6.87. The average Bonchev–Trinajstić information content (AvgIpc) is 2.79. The Kier molecular flexibility index (Phi) is 4.31. The number of para-hydroxylation sites is 1. The van der Waals surface area contributed by atoms with E-state index in [1.807, 2.05) is 22.8 Å². The van der Waals surface area contributed by atoms with E-state index in [0.717, 1.165) is 17.9 Å². The van der Waals surface area contributed by atoms with Gasteiger partial charge >= 0.3 is 0 Å². The molecule has 0 aliphatic heterocycles. The van der Waals surface area contributed by atoms with Gasteiger partial charge in [-0.05, 0) is 30.8 Å². The lowest BCUT2D eigenvalue weighted by Crippen LogP contribution is -2.05. The summed E-state index contributed by atoms with van der Waals surface area (Å²) in [6, 6.07) is 10.2. The molecule has 1 aromatic carbocycles. The third-order valence-corrected chi connectivity index (χ3v) is 3.42. The van der Waals surface area contributed by atoms with Crippen LogP contribution >= 0.6 is 12.2 Å². The van der Waals surface area contributed by atoms with Crippen molar-refractivity contribution >= 4 is 12.2 Å². The third-order valence-electron chi connectivity index (χ3n) is 3.14. The van der Waals surface area contributed by atoms with Crippen LogP contribution in [0.3, 0.4) is 0 Å². The van der Waals surface area contributed by atoms with Gasteiger partial charge in [0.1, 0.15) is 5.82 Å². The molecule has 0 bridgehead atoms. The number of nitrogens with zero attached hydrogens (tertiary/aromatic N) is 2. The largest absolute Gasteiger partial charge is 0.272 e. The topological polar surface area (TPSA) is 33.6 Å². The minimum atomic E-state index is 0.415. The van der Waals surface area contributed by atoms with Gasteiger partial charge in [0.05, 0.1) is 0 Å². The van der Waals surface area contributed by atoms with Crippen LogP contribution in [0.4, 0.5) is 0 Å². The molecule has 3 nitrogen and oxygen atoms in total. The molecule has 0 saturated heterocycles. The zero-order valence-corrected chi connectivity index (χ0v) is 11.7. The zero-order chi connectivity index (χ0) is 13.0.